The first-order valence-corrected chi connectivity index (χ1v) is 12.6. The predicted octanol–water partition coefficient (Wildman–Crippen LogP) is 5.63. The summed E-state index contributed by atoms with van der Waals surface area (Å²) in [6.07, 6.45) is 1.83. The zero-order chi connectivity index (χ0) is 26.4. The van der Waals surface area contributed by atoms with Crippen LogP contribution in [0.1, 0.15) is 59.9 Å². The Kier molecular flexibility index (Phi) is 8.14. The summed E-state index contributed by atoms with van der Waals surface area (Å²) in [6.45, 7) is 8.20. The highest BCUT2D eigenvalue weighted by molar-refractivity contribution is 6.10. The molecule has 0 unspecified atom stereocenters. The van der Waals surface area contributed by atoms with E-state index in [1.54, 1.807) is 43.5 Å². The number of rotatable bonds is 7. The fourth-order valence-electron chi connectivity index (χ4n) is 4.19. The van der Waals surface area contributed by atoms with Gasteiger partial charge in [-0.3, -0.25) is 9.59 Å². The van der Waals surface area contributed by atoms with Crippen LogP contribution in [0.4, 0.5) is 11.4 Å². The van der Waals surface area contributed by atoms with Gasteiger partial charge >= 0.3 is 0 Å². The molecule has 4 rings (SSSR count). The second kappa shape index (κ2) is 11.5. The van der Waals surface area contributed by atoms with E-state index in [1.807, 2.05) is 30.3 Å². The molecule has 1 aliphatic heterocycles. The van der Waals surface area contributed by atoms with Crippen LogP contribution in [-0.4, -0.2) is 38.1 Å². The lowest BCUT2D eigenvalue weighted by Gasteiger charge is -2.27. The van der Waals surface area contributed by atoms with Crippen LogP contribution in [0.2, 0.25) is 0 Å². The van der Waals surface area contributed by atoms with Crippen LogP contribution in [0.3, 0.4) is 0 Å². The number of carbonyl (C=O) groups is 2. The zero-order valence-electron chi connectivity index (χ0n) is 21.9. The Labute approximate surface area is 218 Å². The summed E-state index contributed by atoms with van der Waals surface area (Å²) in [7, 11) is 1.58. The van der Waals surface area contributed by atoms with Crippen molar-refractivity contribution in [3.05, 3.63) is 83.4 Å². The van der Waals surface area contributed by atoms with E-state index in [0.29, 0.717) is 34.0 Å². The number of carbonyl (C=O) groups excluding carboxylic acids is 2. The van der Waals surface area contributed by atoms with E-state index in [9.17, 15) is 9.59 Å². The Hall–Kier alpha value is -3.84. The van der Waals surface area contributed by atoms with Crippen LogP contribution in [-0.2, 0) is 5.41 Å². The lowest BCUT2D eigenvalue weighted by molar-refractivity contribution is 0.100. The molecular weight excluding hydrogens is 466 g/mol. The lowest BCUT2D eigenvalue weighted by atomic mass is 9.86. The average molecular weight is 502 g/mol. The van der Waals surface area contributed by atoms with Crippen molar-refractivity contribution in [1.29, 1.82) is 0 Å². The molecule has 7 heteroatoms. The third-order valence-electron chi connectivity index (χ3n) is 6.45. The van der Waals surface area contributed by atoms with Gasteiger partial charge in [0.15, 0.2) is 0 Å². The summed E-state index contributed by atoms with van der Waals surface area (Å²) in [5.41, 5.74) is 2.96. The number of hydrogen-bond acceptors (Lipinski definition) is 5. The van der Waals surface area contributed by atoms with Crippen molar-refractivity contribution in [2.75, 3.05) is 30.8 Å². The Morgan fingerprint density at radius 2 is 1.49 bits per heavy atom. The quantitative estimate of drug-likeness (QED) is 0.391. The van der Waals surface area contributed by atoms with Crippen LogP contribution in [0.15, 0.2) is 66.7 Å². The van der Waals surface area contributed by atoms with Gasteiger partial charge in [-0.05, 0) is 85.4 Å². The molecule has 0 radical (unpaired) electrons. The Balaban J connectivity index is 1.56. The van der Waals surface area contributed by atoms with Gasteiger partial charge in [0.05, 0.1) is 24.0 Å². The highest BCUT2D eigenvalue weighted by Crippen LogP contribution is 2.31. The number of piperidine rings is 1. The maximum absolute atomic E-state index is 13.5. The van der Waals surface area contributed by atoms with Crippen molar-refractivity contribution in [2.45, 2.75) is 45.1 Å². The third kappa shape index (κ3) is 6.68. The molecule has 1 saturated heterocycles. The largest absolute Gasteiger partial charge is 0.497 e. The maximum Gasteiger partial charge on any atom is 0.259 e. The van der Waals surface area contributed by atoms with Crippen LogP contribution in [0.5, 0.6) is 11.5 Å². The minimum atomic E-state index is -0.296. The van der Waals surface area contributed by atoms with Crippen LogP contribution in [0, 0.1) is 0 Å². The number of benzene rings is 3. The molecule has 0 atom stereocenters. The molecule has 1 fully saturated rings. The molecule has 0 aliphatic carbocycles. The highest BCUT2D eigenvalue weighted by atomic mass is 16.5. The van der Waals surface area contributed by atoms with Gasteiger partial charge in [0.2, 0.25) is 0 Å². The van der Waals surface area contributed by atoms with Gasteiger partial charge in [-0.15, -0.1) is 0 Å². The molecule has 0 saturated carbocycles. The van der Waals surface area contributed by atoms with Gasteiger partial charge in [0.25, 0.3) is 11.8 Å². The molecule has 2 amide bonds. The van der Waals surface area contributed by atoms with Gasteiger partial charge in [0.1, 0.15) is 17.6 Å². The van der Waals surface area contributed by atoms with Gasteiger partial charge < -0.3 is 25.4 Å². The van der Waals surface area contributed by atoms with Crippen LogP contribution in [0.25, 0.3) is 0 Å². The summed E-state index contributed by atoms with van der Waals surface area (Å²) in [6, 6.07) is 19.8. The number of anilines is 2. The first-order valence-electron chi connectivity index (χ1n) is 12.6. The molecule has 0 bridgehead atoms. The molecule has 1 aliphatic rings. The van der Waals surface area contributed by atoms with Crippen molar-refractivity contribution in [1.82, 2.24) is 5.32 Å². The average Bonchev–Trinajstić information content (AvgIpc) is 2.90. The molecule has 0 aromatic heterocycles. The van der Waals surface area contributed by atoms with Gasteiger partial charge in [-0.1, -0.05) is 39.0 Å². The first kappa shape index (κ1) is 26.2. The molecule has 194 valence electrons. The normalized spacial score (nSPS) is 14.1. The number of amides is 2. The van der Waals surface area contributed by atoms with Crippen molar-refractivity contribution in [2.24, 2.45) is 0 Å². The summed E-state index contributed by atoms with van der Waals surface area (Å²) >= 11 is 0. The second-order valence-corrected chi connectivity index (χ2v) is 10.2. The Morgan fingerprint density at radius 1 is 0.865 bits per heavy atom. The zero-order valence-corrected chi connectivity index (χ0v) is 21.9. The SMILES string of the molecule is COc1ccc(C(=O)Nc2ccccc2NC(=O)c2ccc(C(C)(C)C)cc2OC2CCNCC2)cc1. The molecule has 3 aromatic carbocycles. The van der Waals surface area contributed by atoms with Gasteiger partial charge in [-0.2, -0.15) is 0 Å². The fraction of sp³-hybridized carbons (Fsp3) is 0.333. The van der Waals surface area contributed by atoms with Crippen molar-refractivity contribution in [3.63, 3.8) is 0 Å². The van der Waals surface area contributed by atoms with E-state index in [1.165, 1.54) is 0 Å². The first-order chi connectivity index (χ1) is 17.7. The van der Waals surface area contributed by atoms with E-state index in [4.69, 9.17) is 9.47 Å². The van der Waals surface area contributed by atoms with Crippen molar-refractivity contribution >= 4 is 23.2 Å². The summed E-state index contributed by atoms with van der Waals surface area (Å²) in [4.78, 5) is 26.3. The lowest BCUT2D eigenvalue weighted by Crippen LogP contribution is -2.34. The molecule has 3 aromatic rings. The number of ether oxygens (including phenoxy) is 2. The molecular formula is C30H35N3O4. The molecule has 0 spiro atoms. The Morgan fingerprint density at radius 3 is 2.08 bits per heavy atom. The number of hydrogen-bond donors (Lipinski definition) is 3. The van der Waals surface area contributed by atoms with Gasteiger partial charge in [0, 0.05) is 5.56 Å². The van der Waals surface area contributed by atoms with Crippen molar-refractivity contribution < 1.29 is 19.1 Å². The smallest absolute Gasteiger partial charge is 0.259 e. The van der Waals surface area contributed by atoms with E-state index >= 15 is 0 Å². The minimum absolute atomic E-state index is 0.0547. The third-order valence-corrected chi connectivity index (χ3v) is 6.45. The predicted molar refractivity (Wildman–Crippen MR) is 147 cm³/mol. The molecule has 1 heterocycles. The fourth-order valence-corrected chi connectivity index (χ4v) is 4.19. The number of nitrogens with one attached hydrogen (secondary N) is 3. The molecule has 7 nitrogen and oxygen atoms in total. The van der Waals surface area contributed by atoms with Crippen LogP contribution >= 0.6 is 0 Å². The van der Waals surface area contributed by atoms with E-state index in [-0.39, 0.29) is 23.3 Å². The molecule has 37 heavy (non-hydrogen) atoms. The van der Waals surface area contributed by atoms with E-state index in [2.05, 4.69) is 36.7 Å². The number of methoxy groups -OCH3 is 1. The van der Waals surface area contributed by atoms with E-state index in [0.717, 1.165) is 31.5 Å². The van der Waals surface area contributed by atoms with Crippen LogP contribution < -0.4 is 25.4 Å². The van der Waals surface area contributed by atoms with Gasteiger partial charge in [-0.25, -0.2) is 0 Å². The Bertz CT molecular complexity index is 1240. The summed E-state index contributed by atoms with van der Waals surface area (Å²) in [5, 5.41) is 9.21. The monoisotopic (exact) mass is 501 g/mol. The van der Waals surface area contributed by atoms with E-state index < -0.39 is 0 Å². The summed E-state index contributed by atoms with van der Waals surface area (Å²) in [5.74, 6) is 0.671. The second-order valence-electron chi connectivity index (χ2n) is 10.2. The standard InChI is InChI=1S/C30H35N3O4/c1-30(2,3)21-11-14-24(27(19-21)37-23-15-17-31-18-16-23)29(35)33-26-8-6-5-7-25(26)32-28(34)20-9-12-22(36-4)13-10-20/h5-14,19,23,31H,15-18H2,1-4H3,(H,32,34)(H,33,35). The highest BCUT2D eigenvalue weighted by Gasteiger charge is 2.23. The minimum Gasteiger partial charge on any atom is -0.497 e. The topological polar surface area (TPSA) is 88.7 Å². The molecule has 3 N–H and O–H groups in total. The van der Waals surface area contributed by atoms with Crippen molar-refractivity contribution in [3.8, 4) is 11.5 Å². The number of para-hydroxylation sites is 2. The summed E-state index contributed by atoms with van der Waals surface area (Å²) < 4.78 is 11.5. The maximum atomic E-state index is 13.5.